The van der Waals surface area contributed by atoms with Crippen molar-refractivity contribution in [3.05, 3.63) is 59.3 Å². The number of pyridine rings is 1. The monoisotopic (exact) mass is 338 g/mol. The standard InChI is InChI=1S/C19H22N4O2/c1-13-5-7-15(8-6-13)19(2)17(24)23(18(25)21-19)12-14-9-10-20-16(11-14)22(3)4/h5-11H,12H2,1-4H3,(H,21,25)/t19-/m1/s1. The fourth-order valence-electron chi connectivity index (χ4n) is 2.91. The van der Waals surface area contributed by atoms with Gasteiger partial charge in [-0.25, -0.2) is 9.78 Å². The third-order valence-electron chi connectivity index (χ3n) is 4.51. The number of amides is 3. The van der Waals surface area contributed by atoms with E-state index in [0.717, 1.165) is 22.5 Å². The lowest BCUT2D eigenvalue weighted by Crippen LogP contribution is -2.40. The average molecular weight is 338 g/mol. The Labute approximate surface area is 147 Å². The number of hydrogen-bond acceptors (Lipinski definition) is 4. The summed E-state index contributed by atoms with van der Waals surface area (Å²) >= 11 is 0. The van der Waals surface area contributed by atoms with Crippen LogP contribution in [0.5, 0.6) is 0 Å². The van der Waals surface area contributed by atoms with Gasteiger partial charge in [0, 0.05) is 20.3 Å². The molecular weight excluding hydrogens is 316 g/mol. The minimum atomic E-state index is -1.04. The zero-order valence-electron chi connectivity index (χ0n) is 14.9. The fourth-order valence-corrected chi connectivity index (χ4v) is 2.91. The van der Waals surface area contributed by atoms with Crippen LogP contribution in [-0.4, -0.2) is 35.9 Å². The van der Waals surface area contributed by atoms with E-state index in [0.29, 0.717) is 0 Å². The zero-order chi connectivity index (χ0) is 18.2. The maximum Gasteiger partial charge on any atom is 0.325 e. The van der Waals surface area contributed by atoms with E-state index in [1.165, 1.54) is 4.90 Å². The average Bonchev–Trinajstić information content (AvgIpc) is 2.80. The molecule has 6 heteroatoms. The second kappa shape index (κ2) is 6.20. The topological polar surface area (TPSA) is 65.5 Å². The molecule has 1 saturated heterocycles. The molecule has 1 aliphatic heterocycles. The smallest absolute Gasteiger partial charge is 0.325 e. The Kier molecular flexibility index (Phi) is 4.20. The van der Waals surface area contributed by atoms with Crippen LogP contribution in [-0.2, 0) is 16.9 Å². The van der Waals surface area contributed by atoms with Crippen LogP contribution in [0.3, 0.4) is 0 Å². The van der Waals surface area contributed by atoms with Gasteiger partial charge < -0.3 is 10.2 Å². The van der Waals surface area contributed by atoms with Gasteiger partial charge in [-0.1, -0.05) is 29.8 Å². The number of aryl methyl sites for hydroxylation is 1. The Morgan fingerprint density at radius 2 is 1.84 bits per heavy atom. The molecule has 3 amide bonds. The predicted molar refractivity (Wildman–Crippen MR) is 96.2 cm³/mol. The van der Waals surface area contributed by atoms with Gasteiger partial charge in [-0.05, 0) is 37.1 Å². The van der Waals surface area contributed by atoms with E-state index in [2.05, 4.69) is 10.3 Å². The Morgan fingerprint density at radius 1 is 1.16 bits per heavy atom. The first-order chi connectivity index (χ1) is 11.8. The summed E-state index contributed by atoms with van der Waals surface area (Å²) in [6, 6.07) is 11.0. The second-order valence-corrected chi connectivity index (χ2v) is 6.73. The van der Waals surface area contributed by atoms with Gasteiger partial charge >= 0.3 is 6.03 Å². The van der Waals surface area contributed by atoms with Crippen molar-refractivity contribution in [2.75, 3.05) is 19.0 Å². The molecule has 1 N–H and O–H groups in total. The zero-order valence-corrected chi connectivity index (χ0v) is 14.9. The van der Waals surface area contributed by atoms with E-state index >= 15 is 0 Å². The quantitative estimate of drug-likeness (QED) is 0.870. The van der Waals surface area contributed by atoms with Crippen LogP contribution in [0.15, 0.2) is 42.6 Å². The van der Waals surface area contributed by atoms with Crippen LogP contribution in [0.25, 0.3) is 0 Å². The van der Waals surface area contributed by atoms with E-state index in [9.17, 15) is 9.59 Å². The highest BCUT2D eigenvalue weighted by Gasteiger charge is 2.48. The summed E-state index contributed by atoms with van der Waals surface area (Å²) < 4.78 is 0. The molecule has 1 aliphatic rings. The van der Waals surface area contributed by atoms with Crippen LogP contribution >= 0.6 is 0 Å². The van der Waals surface area contributed by atoms with Gasteiger partial charge in [0.2, 0.25) is 0 Å². The number of carbonyl (C=O) groups is 2. The normalized spacial score (nSPS) is 19.9. The number of imide groups is 1. The molecule has 130 valence electrons. The number of benzene rings is 1. The summed E-state index contributed by atoms with van der Waals surface area (Å²) in [6.45, 7) is 3.95. The lowest BCUT2D eigenvalue weighted by molar-refractivity contribution is -0.131. The molecule has 0 bridgehead atoms. The molecule has 0 saturated carbocycles. The van der Waals surface area contributed by atoms with Gasteiger partial charge in [0.05, 0.1) is 6.54 Å². The number of carbonyl (C=O) groups excluding carboxylic acids is 2. The molecule has 0 spiro atoms. The van der Waals surface area contributed by atoms with Crippen molar-refractivity contribution >= 4 is 17.8 Å². The second-order valence-electron chi connectivity index (χ2n) is 6.73. The fraction of sp³-hybridized carbons (Fsp3) is 0.316. The maximum absolute atomic E-state index is 13.0. The Morgan fingerprint density at radius 3 is 2.48 bits per heavy atom. The highest BCUT2D eigenvalue weighted by molar-refractivity contribution is 6.07. The van der Waals surface area contributed by atoms with Crippen molar-refractivity contribution in [3.63, 3.8) is 0 Å². The number of hydrogen-bond donors (Lipinski definition) is 1. The highest BCUT2D eigenvalue weighted by atomic mass is 16.2. The Hall–Kier alpha value is -2.89. The Bertz CT molecular complexity index is 816. The van der Waals surface area contributed by atoms with E-state index in [1.54, 1.807) is 13.1 Å². The molecule has 25 heavy (non-hydrogen) atoms. The number of nitrogens with one attached hydrogen (secondary N) is 1. The highest BCUT2D eigenvalue weighted by Crippen LogP contribution is 2.30. The van der Waals surface area contributed by atoms with Gasteiger partial charge in [-0.2, -0.15) is 0 Å². The number of urea groups is 1. The van der Waals surface area contributed by atoms with E-state index in [1.807, 2.05) is 62.3 Å². The SMILES string of the molecule is Cc1ccc([C@@]2(C)NC(=O)N(Cc3ccnc(N(C)C)c3)C2=O)cc1. The number of aromatic nitrogens is 1. The van der Waals surface area contributed by atoms with E-state index in [4.69, 9.17) is 0 Å². The molecule has 6 nitrogen and oxygen atoms in total. The maximum atomic E-state index is 13.0. The van der Waals surface area contributed by atoms with Crippen molar-refractivity contribution in [2.24, 2.45) is 0 Å². The summed E-state index contributed by atoms with van der Waals surface area (Å²) in [5, 5.41) is 2.83. The lowest BCUT2D eigenvalue weighted by Gasteiger charge is -2.22. The molecule has 0 radical (unpaired) electrons. The summed E-state index contributed by atoms with van der Waals surface area (Å²) in [7, 11) is 3.79. The lowest BCUT2D eigenvalue weighted by atomic mass is 9.91. The molecule has 3 rings (SSSR count). The van der Waals surface area contributed by atoms with Crippen molar-refractivity contribution < 1.29 is 9.59 Å². The molecule has 0 aliphatic carbocycles. The summed E-state index contributed by atoms with van der Waals surface area (Å²) in [5.41, 5.74) is 1.70. The third-order valence-corrected chi connectivity index (χ3v) is 4.51. The van der Waals surface area contributed by atoms with Crippen LogP contribution in [0.1, 0.15) is 23.6 Å². The van der Waals surface area contributed by atoms with E-state index in [-0.39, 0.29) is 18.5 Å². The molecular formula is C19H22N4O2. The van der Waals surface area contributed by atoms with E-state index < -0.39 is 5.54 Å². The van der Waals surface area contributed by atoms with Crippen LogP contribution in [0.4, 0.5) is 10.6 Å². The van der Waals surface area contributed by atoms with Gasteiger partial charge in [0.25, 0.3) is 5.91 Å². The molecule has 2 heterocycles. The molecule has 1 aromatic carbocycles. The molecule has 1 fully saturated rings. The summed E-state index contributed by atoms with van der Waals surface area (Å²) in [6.07, 6.45) is 1.68. The summed E-state index contributed by atoms with van der Waals surface area (Å²) in [4.78, 5) is 32.8. The number of rotatable bonds is 4. The number of anilines is 1. The predicted octanol–water partition coefficient (Wildman–Crippen LogP) is 2.42. The Balaban J connectivity index is 1.86. The van der Waals surface area contributed by atoms with Crippen LogP contribution in [0.2, 0.25) is 0 Å². The minimum absolute atomic E-state index is 0.218. The van der Waals surface area contributed by atoms with Crippen LogP contribution < -0.4 is 10.2 Å². The van der Waals surface area contributed by atoms with Gasteiger partial charge in [-0.15, -0.1) is 0 Å². The first kappa shape index (κ1) is 17.0. The van der Waals surface area contributed by atoms with Gasteiger partial charge in [-0.3, -0.25) is 9.69 Å². The van der Waals surface area contributed by atoms with Crippen molar-refractivity contribution in [3.8, 4) is 0 Å². The molecule has 2 aromatic rings. The largest absolute Gasteiger partial charge is 0.363 e. The van der Waals surface area contributed by atoms with Crippen molar-refractivity contribution in [1.82, 2.24) is 15.2 Å². The van der Waals surface area contributed by atoms with Crippen molar-refractivity contribution in [2.45, 2.75) is 25.9 Å². The minimum Gasteiger partial charge on any atom is -0.363 e. The molecule has 1 atom stereocenters. The molecule has 1 aromatic heterocycles. The number of nitrogens with zero attached hydrogens (tertiary/aromatic N) is 3. The van der Waals surface area contributed by atoms with Gasteiger partial charge in [0.15, 0.2) is 0 Å². The van der Waals surface area contributed by atoms with Gasteiger partial charge in [0.1, 0.15) is 11.4 Å². The first-order valence-electron chi connectivity index (χ1n) is 8.15. The molecule has 0 unspecified atom stereocenters. The first-order valence-corrected chi connectivity index (χ1v) is 8.15. The third kappa shape index (κ3) is 3.07. The van der Waals surface area contributed by atoms with Crippen molar-refractivity contribution in [1.29, 1.82) is 0 Å². The van der Waals surface area contributed by atoms with Crippen LogP contribution in [0, 0.1) is 6.92 Å². The summed E-state index contributed by atoms with van der Waals surface area (Å²) in [5.74, 6) is 0.537.